The molecule has 1 unspecified atom stereocenters. The first-order valence-electron chi connectivity index (χ1n) is 4.98. The molecule has 0 amide bonds. The molecule has 0 saturated carbocycles. The first-order valence-corrected chi connectivity index (χ1v) is 5.36. The van der Waals surface area contributed by atoms with Gasteiger partial charge in [-0.2, -0.15) is 0 Å². The first kappa shape index (κ1) is 12.0. The minimum Gasteiger partial charge on any atom is -0.298 e. The molecule has 0 aliphatic carbocycles. The van der Waals surface area contributed by atoms with Crippen LogP contribution in [0, 0.1) is 5.92 Å². The van der Waals surface area contributed by atoms with E-state index in [1.807, 2.05) is 20.8 Å². The average molecular weight is 231 g/mol. The maximum atomic E-state index is 11.6. The molecule has 84 valence electrons. The van der Waals surface area contributed by atoms with Crippen molar-refractivity contribution in [2.75, 3.05) is 0 Å². The van der Waals surface area contributed by atoms with Crippen molar-refractivity contribution in [1.29, 1.82) is 0 Å². The summed E-state index contributed by atoms with van der Waals surface area (Å²) < 4.78 is 1.23. The molecule has 0 spiro atoms. The zero-order chi connectivity index (χ0) is 11.6. The third-order valence-electron chi connectivity index (χ3n) is 2.45. The Balaban J connectivity index is 3.37. The van der Waals surface area contributed by atoms with Crippen LogP contribution in [0.25, 0.3) is 0 Å². The van der Waals surface area contributed by atoms with E-state index in [9.17, 15) is 9.59 Å². The molecule has 15 heavy (non-hydrogen) atoms. The Bertz CT molecular complexity index is 416. The predicted molar refractivity (Wildman–Crippen MR) is 60.5 cm³/mol. The molecular formula is C10H15ClN2O2. The molecule has 0 radical (unpaired) electrons. The molecule has 5 heteroatoms. The average Bonchev–Trinajstić information content (AvgIpc) is 2.09. The number of nitrogens with zero attached hydrogens (tertiary/aromatic N) is 1. The van der Waals surface area contributed by atoms with Gasteiger partial charge >= 0.3 is 5.69 Å². The molecule has 0 saturated heterocycles. The van der Waals surface area contributed by atoms with E-state index in [1.165, 1.54) is 10.6 Å². The van der Waals surface area contributed by atoms with Crippen molar-refractivity contribution >= 4 is 11.6 Å². The van der Waals surface area contributed by atoms with Crippen molar-refractivity contribution in [2.24, 2.45) is 5.92 Å². The summed E-state index contributed by atoms with van der Waals surface area (Å²) in [5.74, 6) is 0.231. The first-order chi connectivity index (χ1) is 6.97. The normalized spacial score (nSPS) is 13.1. The molecular weight excluding hydrogens is 216 g/mol. The molecule has 1 aromatic heterocycles. The van der Waals surface area contributed by atoms with Crippen molar-refractivity contribution in [2.45, 2.75) is 33.2 Å². The summed E-state index contributed by atoms with van der Waals surface area (Å²) in [6.07, 6.45) is 0.738. The summed E-state index contributed by atoms with van der Waals surface area (Å²) in [6, 6.07) is 1.15. The smallest absolute Gasteiger partial charge is 0.298 e. The second kappa shape index (κ2) is 4.66. The van der Waals surface area contributed by atoms with Crippen LogP contribution < -0.4 is 11.2 Å². The second-order valence-corrected chi connectivity index (χ2v) is 4.26. The number of aromatic amines is 1. The Morgan fingerprint density at radius 1 is 1.47 bits per heavy atom. The summed E-state index contributed by atoms with van der Waals surface area (Å²) >= 11 is 5.58. The van der Waals surface area contributed by atoms with Gasteiger partial charge in [0.25, 0.3) is 5.56 Å². The highest BCUT2D eigenvalue weighted by atomic mass is 35.5. The largest absolute Gasteiger partial charge is 0.329 e. The molecule has 1 rings (SSSR count). The summed E-state index contributed by atoms with van der Waals surface area (Å²) in [5, 5.41) is 0.0832. The molecule has 0 aliphatic rings. The lowest BCUT2D eigenvalue weighted by atomic mass is 10.0. The fourth-order valence-electron chi connectivity index (χ4n) is 1.74. The van der Waals surface area contributed by atoms with Gasteiger partial charge in [-0.1, -0.05) is 32.4 Å². The Hall–Kier alpha value is -1.03. The van der Waals surface area contributed by atoms with Crippen LogP contribution in [-0.4, -0.2) is 9.55 Å². The number of hydrogen-bond donors (Lipinski definition) is 1. The summed E-state index contributed by atoms with van der Waals surface area (Å²) in [4.78, 5) is 25.6. The molecule has 4 nitrogen and oxygen atoms in total. The lowest BCUT2D eigenvalue weighted by molar-refractivity contribution is 0.345. The van der Waals surface area contributed by atoms with Crippen LogP contribution in [0.1, 0.15) is 33.2 Å². The summed E-state index contributed by atoms with van der Waals surface area (Å²) in [7, 11) is 0. The van der Waals surface area contributed by atoms with Crippen LogP contribution in [0.5, 0.6) is 0 Å². The third kappa shape index (κ3) is 2.50. The molecule has 0 aromatic carbocycles. The van der Waals surface area contributed by atoms with Gasteiger partial charge in [0.2, 0.25) is 0 Å². The Kier molecular flexibility index (Phi) is 3.74. The van der Waals surface area contributed by atoms with Crippen LogP contribution >= 0.6 is 11.6 Å². The highest BCUT2D eigenvalue weighted by Gasteiger charge is 2.17. The fraction of sp³-hybridized carbons (Fsp3) is 0.600. The summed E-state index contributed by atoms with van der Waals surface area (Å²) in [5.41, 5.74) is -0.780. The molecule has 0 aliphatic heterocycles. The number of H-pyrrole nitrogens is 1. The van der Waals surface area contributed by atoms with Gasteiger partial charge < -0.3 is 0 Å². The summed E-state index contributed by atoms with van der Waals surface area (Å²) in [6.45, 7) is 5.91. The minimum atomic E-state index is -0.437. The molecule has 1 aromatic rings. The van der Waals surface area contributed by atoms with Gasteiger partial charge in [-0.3, -0.25) is 14.3 Å². The van der Waals surface area contributed by atoms with E-state index in [0.29, 0.717) is 0 Å². The maximum absolute atomic E-state index is 11.6. The topological polar surface area (TPSA) is 54.9 Å². The lowest BCUT2D eigenvalue weighted by Gasteiger charge is -2.20. The molecule has 0 fully saturated rings. The van der Waals surface area contributed by atoms with Gasteiger partial charge in [0.15, 0.2) is 0 Å². The van der Waals surface area contributed by atoms with Crippen LogP contribution in [0.3, 0.4) is 0 Å². The van der Waals surface area contributed by atoms with Crippen molar-refractivity contribution in [3.63, 3.8) is 0 Å². The Morgan fingerprint density at radius 2 is 2.07 bits per heavy atom. The highest BCUT2D eigenvalue weighted by Crippen LogP contribution is 2.17. The van der Waals surface area contributed by atoms with E-state index in [0.717, 1.165) is 6.42 Å². The van der Waals surface area contributed by atoms with Crippen LogP contribution in [0.15, 0.2) is 15.7 Å². The number of hydrogen-bond acceptors (Lipinski definition) is 2. The monoisotopic (exact) mass is 230 g/mol. The van der Waals surface area contributed by atoms with Crippen molar-refractivity contribution < 1.29 is 0 Å². The molecule has 1 N–H and O–H groups in total. The van der Waals surface area contributed by atoms with Crippen LogP contribution in [0.2, 0.25) is 5.15 Å². The van der Waals surface area contributed by atoms with E-state index in [-0.39, 0.29) is 22.7 Å². The Labute approximate surface area is 92.9 Å². The van der Waals surface area contributed by atoms with Crippen molar-refractivity contribution in [3.8, 4) is 0 Å². The standard InChI is InChI=1S/C10H15ClN2O2/c1-4-7(6(2)3)13-9(14)5-8(11)12-10(13)15/h5-7H,4H2,1-3H3,(H,12,15). The number of aromatic nitrogens is 2. The second-order valence-electron chi connectivity index (χ2n) is 3.85. The number of nitrogens with one attached hydrogen (secondary N) is 1. The van der Waals surface area contributed by atoms with E-state index in [1.54, 1.807) is 0 Å². The predicted octanol–water partition coefficient (Wildman–Crippen LogP) is 1.80. The van der Waals surface area contributed by atoms with Gasteiger partial charge in [0, 0.05) is 12.1 Å². The Morgan fingerprint density at radius 3 is 2.47 bits per heavy atom. The maximum Gasteiger partial charge on any atom is 0.329 e. The van der Waals surface area contributed by atoms with Gasteiger partial charge in [-0.05, 0) is 12.3 Å². The minimum absolute atomic E-state index is 0.0832. The highest BCUT2D eigenvalue weighted by molar-refractivity contribution is 6.29. The van der Waals surface area contributed by atoms with Crippen molar-refractivity contribution in [3.05, 3.63) is 32.1 Å². The number of rotatable bonds is 3. The SMILES string of the molecule is CCC(C(C)C)n1c(=O)cc(Cl)[nH]c1=O. The van der Waals surface area contributed by atoms with Gasteiger partial charge in [-0.25, -0.2) is 4.79 Å². The molecule has 0 bridgehead atoms. The zero-order valence-electron chi connectivity index (χ0n) is 9.08. The zero-order valence-corrected chi connectivity index (χ0v) is 9.84. The van der Waals surface area contributed by atoms with E-state index in [2.05, 4.69) is 4.98 Å². The van der Waals surface area contributed by atoms with Crippen LogP contribution in [-0.2, 0) is 0 Å². The van der Waals surface area contributed by atoms with Gasteiger partial charge in [0.1, 0.15) is 5.15 Å². The van der Waals surface area contributed by atoms with Gasteiger partial charge in [-0.15, -0.1) is 0 Å². The fourth-order valence-corrected chi connectivity index (χ4v) is 1.92. The van der Waals surface area contributed by atoms with E-state index < -0.39 is 5.69 Å². The molecule has 1 atom stereocenters. The van der Waals surface area contributed by atoms with Crippen molar-refractivity contribution in [1.82, 2.24) is 9.55 Å². The van der Waals surface area contributed by atoms with Gasteiger partial charge in [0.05, 0.1) is 0 Å². The quantitative estimate of drug-likeness (QED) is 0.805. The molecule has 1 heterocycles. The van der Waals surface area contributed by atoms with E-state index in [4.69, 9.17) is 11.6 Å². The number of halogens is 1. The van der Waals surface area contributed by atoms with Crippen LogP contribution in [0.4, 0.5) is 0 Å². The van der Waals surface area contributed by atoms with E-state index >= 15 is 0 Å². The third-order valence-corrected chi connectivity index (χ3v) is 2.66. The lowest BCUT2D eigenvalue weighted by Crippen LogP contribution is -2.39.